The van der Waals surface area contributed by atoms with E-state index in [4.69, 9.17) is 10.9 Å². The zero-order valence-corrected chi connectivity index (χ0v) is 14.1. The average molecular weight is 371 g/mol. The minimum Gasteiger partial charge on any atom is -1.00 e. The first kappa shape index (κ1) is 21.5. The lowest BCUT2D eigenvalue weighted by Crippen LogP contribution is -3.00. The van der Waals surface area contributed by atoms with Crippen LogP contribution in [0.25, 0.3) is 0 Å². The fourth-order valence-electron chi connectivity index (χ4n) is 2.01. The van der Waals surface area contributed by atoms with Crippen molar-refractivity contribution in [2.75, 3.05) is 0 Å². The van der Waals surface area contributed by atoms with Gasteiger partial charge < -0.3 is 35.8 Å². The van der Waals surface area contributed by atoms with E-state index in [0.29, 0.717) is 11.1 Å². The second-order valence-corrected chi connectivity index (χ2v) is 4.72. The second kappa shape index (κ2) is 10.3. The number of nitrogens with two attached hydrogens (primary N) is 1. The van der Waals surface area contributed by atoms with Gasteiger partial charge in [-0.25, -0.2) is 0 Å². The monoisotopic (exact) mass is 370 g/mol. The van der Waals surface area contributed by atoms with Gasteiger partial charge in [0.15, 0.2) is 24.8 Å². The summed E-state index contributed by atoms with van der Waals surface area (Å²) in [7, 11) is 0. The molecule has 0 atom stereocenters. The van der Waals surface area contributed by atoms with E-state index >= 15 is 0 Å². The third kappa shape index (κ3) is 6.31. The molecule has 3 N–H and O–H groups in total. The third-order valence-corrected chi connectivity index (χ3v) is 2.95. The molecule has 0 saturated heterocycles. The number of rotatable bonds is 6. The van der Waals surface area contributed by atoms with Gasteiger partial charge in [0, 0.05) is 12.1 Å². The van der Waals surface area contributed by atoms with Crippen LogP contribution in [0.15, 0.2) is 54.2 Å². The Morgan fingerprint density at radius 2 is 1.67 bits per heavy atom. The first-order valence-electron chi connectivity index (χ1n) is 6.55. The minimum atomic E-state index is -0.535. The number of oxime groups is 1. The average Bonchev–Trinajstić information content (AvgIpc) is 2.48. The van der Waals surface area contributed by atoms with Gasteiger partial charge in [0.2, 0.25) is 13.1 Å². The van der Waals surface area contributed by atoms with Gasteiger partial charge in [-0.05, 0) is 12.1 Å². The topological polar surface area (TPSA) is 101 Å². The molecule has 24 heavy (non-hydrogen) atoms. The third-order valence-electron chi connectivity index (χ3n) is 2.95. The molecule has 0 bridgehead atoms. The molecule has 128 valence electrons. The molecule has 0 aliphatic heterocycles. The van der Waals surface area contributed by atoms with Gasteiger partial charge in [0.05, 0.1) is 11.8 Å². The molecule has 2 heterocycles. The number of aromatic nitrogens is 2. The van der Waals surface area contributed by atoms with Crippen LogP contribution in [0.2, 0.25) is 0 Å². The second-order valence-electron chi connectivity index (χ2n) is 4.72. The van der Waals surface area contributed by atoms with E-state index in [1.165, 1.54) is 6.21 Å². The van der Waals surface area contributed by atoms with Gasteiger partial charge in [0.25, 0.3) is 11.7 Å². The molecule has 0 aliphatic carbocycles. The Hall–Kier alpha value is -2.51. The van der Waals surface area contributed by atoms with Crippen molar-refractivity contribution in [3.05, 3.63) is 60.2 Å². The van der Waals surface area contributed by atoms with Crippen molar-refractivity contribution in [2.45, 2.75) is 13.1 Å². The fraction of sp³-hybridized carbons (Fsp3) is 0.133. The van der Waals surface area contributed by atoms with Crippen molar-refractivity contribution in [2.24, 2.45) is 10.9 Å². The first-order chi connectivity index (χ1) is 10.6. The Morgan fingerprint density at radius 1 is 1.08 bits per heavy atom. The maximum Gasteiger partial charge on any atom is 0.261 e. The Balaban J connectivity index is 0.00000264. The summed E-state index contributed by atoms with van der Waals surface area (Å²) >= 11 is 0. The summed E-state index contributed by atoms with van der Waals surface area (Å²) in [6.07, 6.45) is 7.97. The van der Waals surface area contributed by atoms with Crippen LogP contribution in [0.4, 0.5) is 0 Å². The van der Waals surface area contributed by atoms with Crippen molar-refractivity contribution in [1.29, 1.82) is 0 Å². The lowest BCUT2D eigenvalue weighted by Gasteiger charge is -1.98. The Kier molecular flexibility index (Phi) is 9.22. The number of hydrogen-bond donors (Lipinski definition) is 2. The summed E-state index contributed by atoms with van der Waals surface area (Å²) in [6.45, 7) is 0.299. The zero-order chi connectivity index (χ0) is 15.9. The van der Waals surface area contributed by atoms with Crippen LogP contribution < -0.4 is 39.7 Å². The molecule has 0 saturated carbocycles. The molecule has 2 rings (SSSR count). The number of hydrogen-bond acceptors (Lipinski definition) is 4. The zero-order valence-electron chi connectivity index (χ0n) is 12.5. The predicted molar refractivity (Wildman–Crippen MR) is 76.2 cm³/mol. The van der Waals surface area contributed by atoms with E-state index in [2.05, 4.69) is 5.16 Å². The number of ketones is 1. The normalized spacial score (nSPS) is 9.83. The number of amides is 1. The summed E-state index contributed by atoms with van der Waals surface area (Å²) in [5.41, 5.74) is 6.24. The SMILES string of the molecule is NC(=O)c1ccc[n+](CC(=O)C[n+]2cccc(/C=N/O)c2)c1.[Cl-].[Cl-]. The van der Waals surface area contributed by atoms with Crippen LogP contribution >= 0.6 is 0 Å². The lowest BCUT2D eigenvalue weighted by molar-refractivity contribution is -0.702. The van der Waals surface area contributed by atoms with Gasteiger partial charge in [-0.3, -0.25) is 9.59 Å². The number of halogens is 2. The van der Waals surface area contributed by atoms with E-state index in [0.717, 1.165) is 0 Å². The number of Topliss-reactive ketones (excluding diaryl/α,β-unsaturated/α-hetero) is 1. The molecule has 0 fully saturated rings. The minimum absolute atomic E-state index is 0. The molecule has 0 aromatic carbocycles. The fourth-order valence-corrected chi connectivity index (χ4v) is 2.01. The van der Waals surface area contributed by atoms with E-state index in [9.17, 15) is 9.59 Å². The highest BCUT2D eigenvalue weighted by Crippen LogP contribution is 1.93. The van der Waals surface area contributed by atoms with Gasteiger partial charge in [-0.15, -0.1) is 0 Å². The first-order valence-corrected chi connectivity index (χ1v) is 6.55. The summed E-state index contributed by atoms with van der Waals surface area (Å²) < 4.78 is 3.31. The Morgan fingerprint density at radius 3 is 2.25 bits per heavy atom. The molecular weight excluding hydrogens is 355 g/mol. The molecule has 0 unspecified atom stereocenters. The van der Waals surface area contributed by atoms with Crippen LogP contribution in [0.5, 0.6) is 0 Å². The Bertz CT molecular complexity index is 738. The number of carbonyl (C=O) groups excluding carboxylic acids is 2. The molecule has 0 aliphatic rings. The summed E-state index contributed by atoms with van der Waals surface area (Å²) in [4.78, 5) is 23.2. The van der Waals surface area contributed by atoms with Crippen LogP contribution in [-0.4, -0.2) is 23.1 Å². The highest BCUT2D eigenvalue weighted by molar-refractivity contribution is 5.92. The van der Waals surface area contributed by atoms with Crippen molar-refractivity contribution in [3.8, 4) is 0 Å². The van der Waals surface area contributed by atoms with Crippen LogP contribution in [-0.2, 0) is 17.9 Å². The van der Waals surface area contributed by atoms with E-state index in [-0.39, 0.29) is 43.7 Å². The van der Waals surface area contributed by atoms with E-state index < -0.39 is 5.91 Å². The van der Waals surface area contributed by atoms with E-state index in [1.807, 2.05) is 0 Å². The van der Waals surface area contributed by atoms with Crippen LogP contribution in [0.1, 0.15) is 15.9 Å². The summed E-state index contributed by atoms with van der Waals surface area (Å²) in [5, 5.41) is 11.5. The predicted octanol–water partition coefficient (Wildman–Crippen LogP) is -6.55. The van der Waals surface area contributed by atoms with Crippen molar-refractivity contribution in [1.82, 2.24) is 0 Å². The molecule has 2 aromatic rings. The number of primary amides is 1. The molecule has 0 radical (unpaired) electrons. The van der Waals surface area contributed by atoms with E-state index in [1.54, 1.807) is 58.2 Å². The van der Waals surface area contributed by atoms with Crippen LogP contribution in [0.3, 0.4) is 0 Å². The van der Waals surface area contributed by atoms with Gasteiger partial charge in [-0.2, -0.15) is 9.13 Å². The van der Waals surface area contributed by atoms with Crippen molar-refractivity contribution >= 4 is 17.9 Å². The molecule has 7 nitrogen and oxygen atoms in total. The summed E-state index contributed by atoms with van der Waals surface area (Å²) in [5.74, 6) is -0.582. The molecular formula is C15H16Cl2N4O3. The standard InChI is InChI=1S/C15H14N4O3.2ClH/c16-15(21)13-4-2-6-19(9-13)11-14(20)10-18-5-1-3-12(8-18)7-17-22;;/h1-9H,10-11H2,(H-2,16,21,22);2*1H/b17-7+;;. The maximum absolute atomic E-state index is 12.1. The molecule has 9 heteroatoms. The Labute approximate surface area is 151 Å². The van der Waals surface area contributed by atoms with Crippen molar-refractivity contribution in [3.63, 3.8) is 0 Å². The van der Waals surface area contributed by atoms with Crippen LogP contribution in [0, 0.1) is 0 Å². The number of pyridine rings is 2. The highest BCUT2D eigenvalue weighted by Gasteiger charge is 2.16. The molecule has 0 spiro atoms. The molecule has 2 aromatic heterocycles. The van der Waals surface area contributed by atoms with Gasteiger partial charge in [0.1, 0.15) is 5.56 Å². The summed E-state index contributed by atoms with van der Waals surface area (Å²) in [6, 6.07) is 6.77. The highest BCUT2D eigenvalue weighted by atomic mass is 35.5. The van der Waals surface area contributed by atoms with Gasteiger partial charge >= 0.3 is 0 Å². The number of nitrogens with zero attached hydrogens (tertiary/aromatic N) is 3. The maximum atomic E-state index is 12.1. The smallest absolute Gasteiger partial charge is 0.261 e. The number of carbonyl (C=O) groups is 2. The largest absolute Gasteiger partial charge is 1.00 e. The van der Waals surface area contributed by atoms with Gasteiger partial charge in [-0.1, -0.05) is 5.16 Å². The molecule has 1 amide bonds. The quantitative estimate of drug-likeness (QED) is 0.229. The lowest BCUT2D eigenvalue weighted by atomic mass is 10.2. The van der Waals surface area contributed by atoms with Crippen molar-refractivity contribution < 1.29 is 48.7 Å².